The highest BCUT2D eigenvalue weighted by Gasteiger charge is 2.05. The summed E-state index contributed by atoms with van der Waals surface area (Å²) in [5.74, 6) is -0.0731. The summed E-state index contributed by atoms with van der Waals surface area (Å²) in [7, 11) is 0. The van der Waals surface area contributed by atoms with Crippen LogP contribution in [0.4, 0.5) is 0 Å². The van der Waals surface area contributed by atoms with Gasteiger partial charge in [0.15, 0.2) is 0 Å². The SMILES string of the molecule is O=C(NCCc1cn(-c2ccccc2)nn1)c1ccccc1. The molecule has 1 N–H and O–H groups in total. The van der Waals surface area contributed by atoms with Crippen LogP contribution in [0.25, 0.3) is 5.69 Å². The summed E-state index contributed by atoms with van der Waals surface area (Å²) >= 11 is 0. The Balaban J connectivity index is 1.55. The zero-order valence-electron chi connectivity index (χ0n) is 12.0. The van der Waals surface area contributed by atoms with Gasteiger partial charge < -0.3 is 5.32 Å². The van der Waals surface area contributed by atoms with E-state index < -0.39 is 0 Å². The molecule has 0 aliphatic heterocycles. The molecule has 5 heteroatoms. The number of hydrogen-bond donors (Lipinski definition) is 1. The Morgan fingerprint density at radius 2 is 1.68 bits per heavy atom. The Hall–Kier alpha value is -2.95. The van der Waals surface area contributed by atoms with Gasteiger partial charge >= 0.3 is 0 Å². The van der Waals surface area contributed by atoms with E-state index in [1.807, 2.05) is 54.7 Å². The molecule has 2 aromatic carbocycles. The van der Waals surface area contributed by atoms with Crippen LogP contribution in [-0.2, 0) is 6.42 Å². The Kier molecular flexibility index (Phi) is 4.25. The van der Waals surface area contributed by atoms with Gasteiger partial charge in [-0.2, -0.15) is 0 Å². The van der Waals surface area contributed by atoms with Crippen LogP contribution < -0.4 is 5.32 Å². The standard InChI is InChI=1S/C17H16N4O/c22-17(14-7-3-1-4-8-14)18-12-11-15-13-21(20-19-15)16-9-5-2-6-10-16/h1-10,13H,11-12H2,(H,18,22). The maximum absolute atomic E-state index is 11.9. The van der Waals surface area contributed by atoms with Gasteiger partial charge in [-0.25, -0.2) is 4.68 Å². The van der Waals surface area contributed by atoms with E-state index in [1.165, 1.54) is 0 Å². The first kappa shape index (κ1) is 14.0. The summed E-state index contributed by atoms with van der Waals surface area (Å²) in [4.78, 5) is 11.9. The van der Waals surface area contributed by atoms with Crippen LogP contribution in [0.3, 0.4) is 0 Å². The van der Waals surface area contributed by atoms with E-state index in [0.717, 1.165) is 11.4 Å². The van der Waals surface area contributed by atoms with Crippen LogP contribution >= 0.6 is 0 Å². The van der Waals surface area contributed by atoms with Crippen LogP contribution in [-0.4, -0.2) is 27.4 Å². The molecule has 0 bridgehead atoms. The summed E-state index contributed by atoms with van der Waals surface area (Å²) < 4.78 is 1.73. The summed E-state index contributed by atoms with van der Waals surface area (Å²) in [6, 6.07) is 19.0. The van der Waals surface area contributed by atoms with E-state index in [4.69, 9.17) is 0 Å². The van der Waals surface area contributed by atoms with E-state index in [0.29, 0.717) is 18.5 Å². The Morgan fingerprint density at radius 1 is 1.00 bits per heavy atom. The van der Waals surface area contributed by atoms with E-state index in [-0.39, 0.29) is 5.91 Å². The lowest BCUT2D eigenvalue weighted by molar-refractivity contribution is 0.0954. The molecule has 0 saturated heterocycles. The Bertz CT molecular complexity index is 738. The van der Waals surface area contributed by atoms with Gasteiger partial charge in [-0.3, -0.25) is 4.79 Å². The van der Waals surface area contributed by atoms with Crippen LogP contribution in [0, 0.1) is 0 Å². The highest BCUT2D eigenvalue weighted by Crippen LogP contribution is 2.06. The number of amides is 1. The van der Waals surface area contributed by atoms with E-state index in [1.54, 1.807) is 16.8 Å². The molecule has 0 aliphatic carbocycles. The lowest BCUT2D eigenvalue weighted by Crippen LogP contribution is -2.25. The molecule has 0 fully saturated rings. The minimum absolute atomic E-state index is 0.0731. The zero-order valence-corrected chi connectivity index (χ0v) is 12.0. The molecule has 110 valence electrons. The number of carbonyl (C=O) groups is 1. The summed E-state index contributed by atoms with van der Waals surface area (Å²) in [6.45, 7) is 0.529. The van der Waals surface area contributed by atoms with Crippen molar-refractivity contribution in [1.82, 2.24) is 20.3 Å². The fourth-order valence-electron chi connectivity index (χ4n) is 2.12. The molecular formula is C17H16N4O. The number of carbonyl (C=O) groups excluding carboxylic acids is 1. The van der Waals surface area contributed by atoms with Crippen molar-refractivity contribution >= 4 is 5.91 Å². The molecule has 1 aromatic heterocycles. The van der Waals surface area contributed by atoms with Crippen LogP contribution in [0.1, 0.15) is 16.1 Å². The molecule has 0 radical (unpaired) electrons. The van der Waals surface area contributed by atoms with Crippen LogP contribution in [0.5, 0.6) is 0 Å². The summed E-state index contributed by atoms with van der Waals surface area (Å²) in [6.07, 6.45) is 2.52. The highest BCUT2D eigenvalue weighted by molar-refractivity contribution is 5.94. The molecule has 0 saturated carbocycles. The smallest absolute Gasteiger partial charge is 0.251 e. The van der Waals surface area contributed by atoms with Crippen molar-refractivity contribution in [2.75, 3.05) is 6.54 Å². The second-order valence-electron chi connectivity index (χ2n) is 4.86. The topological polar surface area (TPSA) is 59.8 Å². The third-order valence-electron chi connectivity index (χ3n) is 3.26. The number of nitrogens with one attached hydrogen (secondary N) is 1. The number of nitrogens with zero attached hydrogens (tertiary/aromatic N) is 3. The second kappa shape index (κ2) is 6.67. The van der Waals surface area contributed by atoms with Crippen molar-refractivity contribution in [3.8, 4) is 5.69 Å². The number of aromatic nitrogens is 3. The first-order chi connectivity index (χ1) is 10.8. The molecule has 0 spiro atoms. The van der Waals surface area contributed by atoms with Gasteiger partial charge in [-0.05, 0) is 24.3 Å². The Morgan fingerprint density at radius 3 is 2.41 bits per heavy atom. The van der Waals surface area contributed by atoms with Crippen molar-refractivity contribution < 1.29 is 4.79 Å². The molecule has 22 heavy (non-hydrogen) atoms. The van der Waals surface area contributed by atoms with Crippen molar-refractivity contribution in [2.45, 2.75) is 6.42 Å². The van der Waals surface area contributed by atoms with E-state index in [9.17, 15) is 4.79 Å². The van der Waals surface area contributed by atoms with Crippen LogP contribution in [0.2, 0.25) is 0 Å². The first-order valence-electron chi connectivity index (χ1n) is 7.13. The van der Waals surface area contributed by atoms with Crippen molar-refractivity contribution in [2.24, 2.45) is 0 Å². The zero-order chi connectivity index (χ0) is 15.2. The molecule has 1 heterocycles. The largest absolute Gasteiger partial charge is 0.352 e. The van der Waals surface area contributed by atoms with E-state index in [2.05, 4.69) is 15.6 Å². The maximum atomic E-state index is 11.9. The number of hydrogen-bond acceptors (Lipinski definition) is 3. The lowest BCUT2D eigenvalue weighted by atomic mass is 10.2. The highest BCUT2D eigenvalue weighted by atomic mass is 16.1. The average Bonchev–Trinajstić information content (AvgIpc) is 3.05. The van der Waals surface area contributed by atoms with Crippen molar-refractivity contribution in [1.29, 1.82) is 0 Å². The van der Waals surface area contributed by atoms with Gasteiger partial charge in [-0.15, -0.1) is 5.10 Å². The quantitative estimate of drug-likeness (QED) is 0.784. The second-order valence-corrected chi connectivity index (χ2v) is 4.86. The van der Waals surface area contributed by atoms with Gasteiger partial charge in [0, 0.05) is 18.5 Å². The normalized spacial score (nSPS) is 10.4. The minimum Gasteiger partial charge on any atom is -0.352 e. The number of benzene rings is 2. The Labute approximate surface area is 128 Å². The predicted octanol–water partition coefficient (Wildman–Crippen LogP) is 2.24. The van der Waals surface area contributed by atoms with Gasteiger partial charge in [0.05, 0.1) is 17.6 Å². The van der Waals surface area contributed by atoms with Gasteiger partial charge in [0.25, 0.3) is 5.91 Å². The first-order valence-corrected chi connectivity index (χ1v) is 7.13. The maximum Gasteiger partial charge on any atom is 0.251 e. The van der Waals surface area contributed by atoms with Crippen molar-refractivity contribution in [3.63, 3.8) is 0 Å². The fraction of sp³-hybridized carbons (Fsp3) is 0.118. The minimum atomic E-state index is -0.0731. The molecule has 5 nitrogen and oxygen atoms in total. The molecular weight excluding hydrogens is 276 g/mol. The fourth-order valence-corrected chi connectivity index (χ4v) is 2.12. The molecule has 3 rings (SSSR count). The van der Waals surface area contributed by atoms with Crippen molar-refractivity contribution in [3.05, 3.63) is 78.1 Å². The summed E-state index contributed by atoms with van der Waals surface area (Å²) in [5.41, 5.74) is 2.47. The molecule has 0 unspecified atom stereocenters. The van der Waals surface area contributed by atoms with Gasteiger partial charge in [0.2, 0.25) is 0 Å². The van der Waals surface area contributed by atoms with Crippen LogP contribution in [0.15, 0.2) is 66.9 Å². The summed E-state index contributed by atoms with van der Waals surface area (Å²) in [5, 5.41) is 11.1. The van der Waals surface area contributed by atoms with Gasteiger partial charge in [0.1, 0.15) is 0 Å². The third-order valence-corrected chi connectivity index (χ3v) is 3.26. The predicted molar refractivity (Wildman–Crippen MR) is 83.8 cm³/mol. The molecule has 0 atom stereocenters. The molecule has 1 amide bonds. The van der Waals surface area contributed by atoms with E-state index >= 15 is 0 Å². The molecule has 0 aliphatic rings. The average molecular weight is 292 g/mol. The monoisotopic (exact) mass is 292 g/mol. The molecule has 3 aromatic rings. The lowest BCUT2D eigenvalue weighted by Gasteiger charge is -2.03. The number of rotatable bonds is 5. The van der Waals surface area contributed by atoms with Gasteiger partial charge in [-0.1, -0.05) is 41.6 Å². The number of para-hydroxylation sites is 1. The third kappa shape index (κ3) is 3.38.